The zero-order valence-electron chi connectivity index (χ0n) is 15.1. The van der Waals surface area contributed by atoms with Crippen molar-refractivity contribution < 1.29 is 22.8 Å². The Morgan fingerprint density at radius 1 is 0.963 bits per heavy atom. The molecule has 3 N–H and O–H groups in total. The van der Waals surface area contributed by atoms with Gasteiger partial charge in [-0.25, -0.2) is 13.2 Å². The second-order valence-electron chi connectivity index (χ2n) is 5.27. The SMILES string of the molecule is CC.Cc1ccc(Nc2c(NN(O)c3ccco3)ccc(F)c2F)c(F)c1. The molecule has 0 saturated heterocycles. The lowest BCUT2D eigenvalue weighted by Crippen LogP contribution is -2.25. The molecule has 0 radical (unpaired) electrons. The minimum absolute atomic E-state index is 0.0252. The van der Waals surface area contributed by atoms with Gasteiger partial charge in [-0.2, -0.15) is 0 Å². The van der Waals surface area contributed by atoms with E-state index in [2.05, 4.69) is 10.7 Å². The van der Waals surface area contributed by atoms with Crippen molar-refractivity contribution in [3.05, 3.63) is 71.7 Å². The first-order valence-corrected chi connectivity index (χ1v) is 8.26. The maximum absolute atomic E-state index is 14.2. The Labute approximate surface area is 155 Å². The fraction of sp³-hybridized carbons (Fsp3) is 0.158. The van der Waals surface area contributed by atoms with E-state index < -0.39 is 17.5 Å². The molecule has 0 aliphatic rings. The van der Waals surface area contributed by atoms with Crippen molar-refractivity contribution in [2.75, 3.05) is 15.9 Å². The Morgan fingerprint density at radius 2 is 1.67 bits per heavy atom. The first-order chi connectivity index (χ1) is 13.0. The molecule has 0 aliphatic carbocycles. The Morgan fingerprint density at radius 3 is 2.30 bits per heavy atom. The van der Waals surface area contributed by atoms with Crippen LogP contribution in [0.4, 0.5) is 36.1 Å². The summed E-state index contributed by atoms with van der Waals surface area (Å²) in [7, 11) is 0. The van der Waals surface area contributed by atoms with Crippen molar-refractivity contribution in [1.29, 1.82) is 0 Å². The van der Waals surface area contributed by atoms with Gasteiger partial charge < -0.3 is 9.73 Å². The monoisotopic (exact) mass is 379 g/mol. The summed E-state index contributed by atoms with van der Waals surface area (Å²) in [6, 6.07) is 9.34. The molecule has 0 fully saturated rings. The highest BCUT2D eigenvalue weighted by molar-refractivity contribution is 5.76. The minimum Gasteiger partial charge on any atom is -0.445 e. The number of nitrogens with zero attached hydrogens (tertiary/aromatic N) is 1. The second-order valence-corrected chi connectivity index (χ2v) is 5.27. The fourth-order valence-corrected chi connectivity index (χ4v) is 2.18. The van der Waals surface area contributed by atoms with Crippen molar-refractivity contribution in [3.63, 3.8) is 0 Å². The number of hydrazine groups is 1. The average molecular weight is 379 g/mol. The molecule has 1 heterocycles. The van der Waals surface area contributed by atoms with E-state index in [1.807, 2.05) is 13.8 Å². The summed E-state index contributed by atoms with van der Waals surface area (Å²) in [4.78, 5) is 0. The van der Waals surface area contributed by atoms with Gasteiger partial charge in [0.05, 0.1) is 17.6 Å². The topological polar surface area (TPSA) is 60.7 Å². The molecule has 0 amide bonds. The Kier molecular flexibility index (Phi) is 6.73. The van der Waals surface area contributed by atoms with Crippen LogP contribution in [0.15, 0.2) is 53.1 Å². The average Bonchev–Trinajstić information content (AvgIpc) is 3.19. The number of rotatable bonds is 5. The smallest absolute Gasteiger partial charge is 0.239 e. The van der Waals surface area contributed by atoms with Crippen molar-refractivity contribution in [2.45, 2.75) is 20.8 Å². The standard InChI is InChI=1S/C17H14F3N3O2.C2H6/c1-10-4-6-13(12(19)9-10)21-17-14(7-5-11(18)16(17)20)22-23(24)15-3-2-8-25-15;1-2/h2-9,21-22,24H,1H3;1-2H3. The maximum Gasteiger partial charge on any atom is 0.239 e. The van der Waals surface area contributed by atoms with Crippen molar-refractivity contribution >= 4 is 22.9 Å². The van der Waals surface area contributed by atoms with Crippen molar-refractivity contribution in [2.24, 2.45) is 0 Å². The summed E-state index contributed by atoms with van der Waals surface area (Å²) >= 11 is 0. The van der Waals surface area contributed by atoms with Crippen LogP contribution in [0.25, 0.3) is 0 Å². The first-order valence-electron chi connectivity index (χ1n) is 8.26. The summed E-state index contributed by atoms with van der Waals surface area (Å²) in [6.45, 7) is 5.70. The number of anilines is 4. The van der Waals surface area contributed by atoms with E-state index in [4.69, 9.17) is 4.42 Å². The highest BCUT2D eigenvalue weighted by Crippen LogP contribution is 2.32. The first kappa shape index (κ1) is 20.2. The number of hydrogen-bond donors (Lipinski definition) is 3. The summed E-state index contributed by atoms with van der Waals surface area (Å²) in [5.74, 6) is -2.94. The van der Waals surface area contributed by atoms with Gasteiger partial charge >= 0.3 is 0 Å². The number of benzene rings is 2. The molecule has 144 valence electrons. The molecule has 5 nitrogen and oxygen atoms in total. The Bertz CT molecular complexity index is 886. The molecule has 1 aromatic heterocycles. The maximum atomic E-state index is 14.2. The van der Waals surface area contributed by atoms with E-state index in [0.29, 0.717) is 10.7 Å². The quantitative estimate of drug-likeness (QED) is 0.475. The number of aryl methyl sites for hydroxylation is 1. The van der Waals surface area contributed by atoms with Crippen LogP contribution in [-0.2, 0) is 0 Å². The lowest BCUT2D eigenvalue weighted by atomic mass is 10.2. The van der Waals surface area contributed by atoms with Crippen LogP contribution in [0.5, 0.6) is 0 Å². The molecule has 0 saturated carbocycles. The molecule has 3 rings (SSSR count). The van der Waals surface area contributed by atoms with Crippen LogP contribution in [-0.4, -0.2) is 5.21 Å². The number of furan rings is 1. The molecule has 27 heavy (non-hydrogen) atoms. The predicted molar refractivity (Wildman–Crippen MR) is 98.7 cm³/mol. The highest BCUT2D eigenvalue weighted by atomic mass is 19.2. The molecule has 2 aromatic carbocycles. The normalized spacial score (nSPS) is 10.0. The predicted octanol–water partition coefficient (Wildman–Crippen LogP) is 6.00. The molecular weight excluding hydrogens is 359 g/mol. The zero-order valence-corrected chi connectivity index (χ0v) is 15.1. The van der Waals surface area contributed by atoms with E-state index in [9.17, 15) is 18.4 Å². The number of hydrogen-bond acceptors (Lipinski definition) is 5. The molecule has 8 heteroatoms. The molecule has 0 atom stereocenters. The Hall–Kier alpha value is -3.13. The van der Waals surface area contributed by atoms with Crippen LogP contribution >= 0.6 is 0 Å². The van der Waals surface area contributed by atoms with Gasteiger partial charge in [0.2, 0.25) is 5.88 Å². The van der Waals surface area contributed by atoms with Crippen LogP contribution in [0, 0.1) is 24.4 Å². The van der Waals surface area contributed by atoms with Crippen molar-refractivity contribution in [1.82, 2.24) is 0 Å². The van der Waals surface area contributed by atoms with Crippen LogP contribution < -0.4 is 15.9 Å². The van der Waals surface area contributed by atoms with E-state index >= 15 is 0 Å². The van der Waals surface area contributed by atoms with Crippen LogP contribution in [0.1, 0.15) is 19.4 Å². The molecule has 0 aliphatic heterocycles. The lowest BCUT2D eigenvalue weighted by Gasteiger charge is -2.20. The van der Waals surface area contributed by atoms with Gasteiger partial charge in [0.1, 0.15) is 11.5 Å². The largest absolute Gasteiger partial charge is 0.445 e. The molecule has 0 spiro atoms. The summed E-state index contributed by atoms with van der Waals surface area (Å²) in [5.41, 5.74) is 2.68. The molecule has 0 unspecified atom stereocenters. The molecule has 3 aromatic rings. The summed E-state index contributed by atoms with van der Waals surface area (Å²) in [6.07, 6.45) is 1.33. The van der Waals surface area contributed by atoms with Crippen LogP contribution in [0.3, 0.4) is 0 Å². The highest BCUT2D eigenvalue weighted by Gasteiger charge is 2.17. The van der Waals surface area contributed by atoms with Gasteiger partial charge in [0.15, 0.2) is 11.6 Å². The zero-order chi connectivity index (χ0) is 20.0. The molecular formula is C19H20F3N3O2. The third-order valence-corrected chi connectivity index (χ3v) is 3.42. The summed E-state index contributed by atoms with van der Waals surface area (Å²) in [5, 5.41) is 12.9. The van der Waals surface area contributed by atoms with Gasteiger partial charge in [-0.3, -0.25) is 10.6 Å². The number of halogens is 3. The Balaban J connectivity index is 0.00000126. The third kappa shape index (κ3) is 4.73. The van der Waals surface area contributed by atoms with E-state index in [1.54, 1.807) is 13.0 Å². The van der Waals surface area contributed by atoms with Crippen LogP contribution in [0.2, 0.25) is 0 Å². The van der Waals surface area contributed by atoms with E-state index in [0.717, 1.165) is 6.07 Å². The lowest BCUT2D eigenvalue weighted by molar-refractivity contribution is 0.255. The molecule has 0 bridgehead atoms. The van der Waals surface area contributed by atoms with Gasteiger partial charge in [-0.05, 0) is 42.8 Å². The van der Waals surface area contributed by atoms with Crippen molar-refractivity contribution in [3.8, 4) is 0 Å². The fourth-order valence-electron chi connectivity index (χ4n) is 2.18. The third-order valence-electron chi connectivity index (χ3n) is 3.42. The van der Waals surface area contributed by atoms with E-state index in [1.165, 1.54) is 36.6 Å². The van der Waals surface area contributed by atoms with Gasteiger partial charge in [-0.15, -0.1) is 5.17 Å². The van der Waals surface area contributed by atoms with Gasteiger partial charge in [0.25, 0.3) is 0 Å². The minimum atomic E-state index is -1.22. The second kappa shape index (κ2) is 9.00. The van der Waals surface area contributed by atoms with E-state index in [-0.39, 0.29) is 22.9 Å². The van der Waals surface area contributed by atoms with Gasteiger partial charge in [-0.1, -0.05) is 19.9 Å². The summed E-state index contributed by atoms with van der Waals surface area (Å²) < 4.78 is 46.8. The number of nitrogens with one attached hydrogen (secondary N) is 2. The van der Waals surface area contributed by atoms with Gasteiger partial charge in [0, 0.05) is 6.07 Å².